The van der Waals surface area contributed by atoms with Crippen molar-refractivity contribution in [3.05, 3.63) is 47.9 Å². The fraction of sp³-hybridized carbons (Fsp3) is 0.471. The molecule has 1 saturated heterocycles. The summed E-state index contributed by atoms with van der Waals surface area (Å²) in [5, 5.41) is 3.39. The molecule has 0 bridgehead atoms. The SMILES string of the molecule is Cc1ocnc1C(=O)N(Cc1ccccn1)C1CCCNCC1.Cl. The van der Waals surface area contributed by atoms with Gasteiger partial charge in [-0.3, -0.25) is 9.78 Å². The third-order valence-electron chi connectivity index (χ3n) is 4.25. The second-order valence-electron chi connectivity index (χ2n) is 5.85. The molecule has 1 amide bonds. The Bertz CT molecular complexity index is 639. The molecular weight excluding hydrogens is 328 g/mol. The quantitative estimate of drug-likeness (QED) is 0.917. The Hall–Kier alpha value is -1.92. The maximum atomic E-state index is 13.0. The molecule has 0 radical (unpaired) electrons. The Labute approximate surface area is 148 Å². The first-order chi connectivity index (χ1) is 11.3. The van der Waals surface area contributed by atoms with Crippen molar-refractivity contribution < 1.29 is 9.21 Å². The average Bonchev–Trinajstić information content (AvgIpc) is 2.84. The first-order valence-corrected chi connectivity index (χ1v) is 8.07. The highest BCUT2D eigenvalue weighted by Gasteiger charge is 2.28. The van der Waals surface area contributed by atoms with Gasteiger partial charge in [0.2, 0.25) is 0 Å². The Morgan fingerprint density at radius 1 is 1.33 bits per heavy atom. The fourth-order valence-corrected chi connectivity index (χ4v) is 2.99. The van der Waals surface area contributed by atoms with Crippen LogP contribution in [-0.4, -0.2) is 39.9 Å². The van der Waals surface area contributed by atoms with E-state index in [0.717, 1.165) is 38.0 Å². The molecule has 130 valence electrons. The highest BCUT2D eigenvalue weighted by Crippen LogP contribution is 2.20. The van der Waals surface area contributed by atoms with Crippen LogP contribution in [0.5, 0.6) is 0 Å². The highest BCUT2D eigenvalue weighted by atomic mass is 35.5. The summed E-state index contributed by atoms with van der Waals surface area (Å²) >= 11 is 0. The number of halogens is 1. The van der Waals surface area contributed by atoms with Gasteiger partial charge in [-0.05, 0) is 51.4 Å². The smallest absolute Gasteiger partial charge is 0.276 e. The van der Waals surface area contributed by atoms with Gasteiger partial charge in [-0.1, -0.05) is 6.07 Å². The maximum Gasteiger partial charge on any atom is 0.276 e. The van der Waals surface area contributed by atoms with Crippen LogP contribution in [0, 0.1) is 6.92 Å². The Morgan fingerprint density at radius 2 is 2.21 bits per heavy atom. The molecule has 3 heterocycles. The van der Waals surface area contributed by atoms with Crippen LogP contribution >= 0.6 is 12.4 Å². The van der Waals surface area contributed by atoms with Gasteiger partial charge in [-0.2, -0.15) is 0 Å². The van der Waals surface area contributed by atoms with Crippen LogP contribution in [0.25, 0.3) is 0 Å². The summed E-state index contributed by atoms with van der Waals surface area (Å²) in [5.74, 6) is 0.488. The average molecular weight is 351 g/mol. The lowest BCUT2D eigenvalue weighted by atomic mass is 10.1. The van der Waals surface area contributed by atoms with Gasteiger partial charge in [-0.15, -0.1) is 12.4 Å². The highest BCUT2D eigenvalue weighted by molar-refractivity contribution is 5.93. The topological polar surface area (TPSA) is 71.3 Å². The minimum Gasteiger partial charge on any atom is -0.448 e. The van der Waals surface area contributed by atoms with Crippen molar-refractivity contribution in [3.8, 4) is 0 Å². The van der Waals surface area contributed by atoms with E-state index in [9.17, 15) is 4.79 Å². The molecule has 1 atom stereocenters. The molecule has 1 unspecified atom stereocenters. The Morgan fingerprint density at radius 3 is 2.92 bits per heavy atom. The predicted molar refractivity (Wildman–Crippen MR) is 93.1 cm³/mol. The molecule has 0 spiro atoms. The van der Waals surface area contributed by atoms with Gasteiger partial charge >= 0.3 is 0 Å². The van der Waals surface area contributed by atoms with Crippen molar-refractivity contribution in [2.24, 2.45) is 0 Å². The summed E-state index contributed by atoms with van der Waals surface area (Å²) in [6, 6.07) is 5.97. The van der Waals surface area contributed by atoms with Crippen molar-refractivity contribution in [2.75, 3.05) is 13.1 Å². The van der Waals surface area contributed by atoms with Gasteiger partial charge < -0.3 is 14.6 Å². The summed E-state index contributed by atoms with van der Waals surface area (Å²) in [5.41, 5.74) is 1.29. The number of oxazole rings is 1. The van der Waals surface area contributed by atoms with E-state index in [1.807, 2.05) is 23.1 Å². The second-order valence-corrected chi connectivity index (χ2v) is 5.85. The van der Waals surface area contributed by atoms with E-state index in [-0.39, 0.29) is 24.4 Å². The minimum absolute atomic E-state index is 0. The van der Waals surface area contributed by atoms with Gasteiger partial charge in [0, 0.05) is 12.2 Å². The lowest BCUT2D eigenvalue weighted by Gasteiger charge is -2.30. The van der Waals surface area contributed by atoms with Crippen LogP contribution in [0.15, 0.2) is 35.2 Å². The number of nitrogens with one attached hydrogen (secondary N) is 1. The van der Waals surface area contributed by atoms with Crippen LogP contribution in [0.1, 0.15) is 41.2 Å². The van der Waals surface area contributed by atoms with E-state index in [0.29, 0.717) is 18.0 Å². The molecule has 7 heteroatoms. The van der Waals surface area contributed by atoms with Crippen LogP contribution in [-0.2, 0) is 6.54 Å². The minimum atomic E-state index is -0.0752. The molecular formula is C17H23ClN4O2. The first-order valence-electron chi connectivity index (χ1n) is 8.07. The van der Waals surface area contributed by atoms with Crippen molar-refractivity contribution in [1.29, 1.82) is 0 Å². The molecule has 1 N–H and O–H groups in total. The molecule has 1 aliphatic heterocycles. The number of aromatic nitrogens is 2. The van der Waals surface area contributed by atoms with E-state index >= 15 is 0 Å². The van der Waals surface area contributed by atoms with E-state index in [1.165, 1.54) is 6.39 Å². The number of hydrogen-bond donors (Lipinski definition) is 1. The lowest BCUT2D eigenvalue weighted by molar-refractivity contribution is 0.0635. The third-order valence-corrected chi connectivity index (χ3v) is 4.25. The van der Waals surface area contributed by atoms with E-state index in [1.54, 1.807) is 13.1 Å². The van der Waals surface area contributed by atoms with E-state index in [4.69, 9.17) is 4.42 Å². The largest absolute Gasteiger partial charge is 0.448 e. The zero-order valence-corrected chi connectivity index (χ0v) is 14.6. The summed E-state index contributed by atoms with van der Waals surface area (Å²) in [6.07, 6.45) is 6.08. The molecule has 6 nitrogen and oxygen atoms in total. The van der Waals surface area contributed by atoms with Gasteiger partial charge in [0.15, 0.2) is 12.1 Å². The molecule has 1 fully saturated rings. The number of rotatable bonds is 4. The van der Waals surface area contributed by atoms with Crippen LogP contribution in [0.4, 0.5) is 0 Å². The molecule has 3 rings (SSSR count). The van der Waals surface area contributed by atoms with Crippen LogP contribution < -0.4 is 5.32 Å². The normalized spacial score (nSPS) is 17.6. The number of carbonyl (C=O) groups is 1. The number of nitrogens with zero attached hydrogens (tertiary/aromatic N) is 3. The van der Waals surface area contributed by atoms with Gasteiger partial charge in [0.25, 0.3) is 5.91 Å². The monoisotopic (exact) mass is 350 g/mol. The summed E-state index contributed by atoms with van der Waals surface area (Å²) in [6.45, 7) is 4.20. The standard InChI is InChI=1S/C17H22N4O2.ClH/c1-13-16(20-12-23-13)17(22)21(11-14-5-2-3-9-19-14)15-6-4-8-18-10-7-15;/h2-3,5,9,12,15,18H,4,6-8,10-11H2,1H3;1H. The van der Waals surface area contributed by atoms with E-state index < -0.39 is 0 Å². The van der Waals surface area contributed by atoms with Crippen molar-refractivity contribution in [3.63, 3.8) is 0 Å². The lowest BCUT2D eigenvalue weighted by Crippen LogP contribution is -2.41. The zero-order chi connectivity index (χ0) is 16.1. The van der Waals surface area contributed by atoms with Crippen LogP contribution in [0.2, 0.25) is 0 Å². The second kappa shape index (κ2) is 8.80. The van der Waals surface area contributed by atoms with Crippen molar-refractivity contribution in [1.82, 2.24) is 20.2 Å². The molecule has 24 heavy (non-hydrogen) atoms. The summed E-state index contributed by atoms with van der Waals surface area (Å²) < 4.78 is 5.21. The summed E-state index contributed by atoms with van der Waals surface area (Å²) in [4.78, 5) is 23.4. The first kappa shape index (κ1) is 18.4. The Kier molecular flexibility index (Phi) is 6.75. The summed E-state index contributed by atoms with van der Waals surface area (Å²) in [7, 11) is 0. The maximum absolute atomic E-state index is 13.0. The number of pyridine rings is 1. The molecule has 0 aromatic carbocycles. The van der Waals surface area contributed by atoms with Gasteiger partial charge in [0.05, 0.1) is 12.2 Å². The molecule has 2 aromatic heterocycles. The molecule has 2 aromatic rings. The zero-order valence-electron chi connectivity index (χ0n) is 13.8. The fourth-order valence-electron chi connectivity index (χ4n) is 2.99. The molecule has 0 saturated carbocycles. The number of aryl methyl sites for hydroxylation is 1. The Balaban J connectivity index is 0.00000208. The van der Waals surface area contributed by atoms with Crippen molar-refractivity contribution in [2.45, 2.75) is 38.8 Å². The molecule has 0 aliphatic carbocycles. The van der Waals surface area contributed by atoms with E-state index in [2.05, 4.69) is 15.3 Å². The molecule has 1 aliphatic rings. The number of carbonyl (C=O) groups excluding carboxylic acids is 1. The van der Waals surface area contributed by atoms with Gasteiger partial charge in [0.1, 0.15) is 5.76 Å². The van der Waals surface area contributed by atoms with Crippen LogP contribution in [0.3, 0.4) is 0 Å². The van der Waals surface area contributed by atoms with Gasteiger partial charge in [-0.25, -0.2) is 4.98 Å². The van der Waals surface area contributed by atoms with Crippen molar-refractivity contribution >= 4 is 18.3 Å². The number of amides is 1. The number of hydrogen-bond acceptors (Lipinski definition) is 5. The third kappa shape index (κ3) is 4.33. The predicted octanol–water partition coefficient (Wildman–Crippen LogP) is 2.58.